The van der Waals surface area contributed by atoms with Crippen molar-refractivity contribution in [3.05, 3.63) is 95.1 Å². The largest absolute Gasteiger partial charge is 0.392 e. The van der Waals surface area contributed by atoms with Crippen molar-refractivity contribution in [1.82, 2.24) is 10.2 Å². The van der Waals surface area contributed by atoms with Gasteiger partial charge in [0.05, 0.1) is 18.8 Å². The van der Waals surface area contributed by atoms with Crippen LogP contribution in [0.15, 0.2) is 72.8 Å². The van der Waals surface area contributed by atoms with E-state index in [1.807, 2.05) is 36.4 Å². The molecule has 3 aromatic carbocycles. The number of halogens is 3. The van der Waals surface area contributed by atoms with E-state index in [0.717, 1.165) is 53.0 Å². The Kier molecular flexibility index (Phi) is 11.6. The van der Waals surface area contributed by atoms with E-state index < -0.39 is 16.0 Å². The van der Waals surface area contributed by atoms with E-state index in [0.29, 0.717) is 0 Å². The molecule has 2 heterocycles. The van der Waals surface area contributed by atoms with E-state index in [1.54, 1.807) is 0 Å². The number of nitrogens with zero attached hydrogens (tertiary/aromatic N) is 1. The molecule has 0 spiro atoms. The summed E-state index contributed by atoms with van der Waals surface area (Å²) in [6.45, 7) is 5.59. The fraction of sp³-hybridized carbons (Fsp3) is 0.457. The van der Waals surface area contributed by atoms with Gasteiger partial charge in [0.15, 0.2) is 6.29 Å². The van der Waals surface area contributed by atoms with Crippen LogP contribution >= 0.6 is 34.8 Å². The molecule has 6 nitrogen and oxygen atoms in total. The maximum absolute atomic E-state index is 12.0. The van der Waals surface area contributed by atoms with Gasteiger partial charge in [-0.1, -0.05) is 128 Å². The smallest absolute Gasteiger partial charge is 0.272 e. The van der Waals surface area contributed by atoms with Crippen LogP contribution < -0.4 is 5.32 Å². The van der Waals surface area contributed by atoms with Gasteiger partial charge in [-0.15, -0.1) is 0 Å². The van der Waals surface area contributed by atoms with E-state index >= 15 is 0 Å². The summed E-state index contributed by atoms with van der Waals surface area (Å²) < 4.78 is 11.4. The Hall–Kier alpha value is -2.16. The van der Waals surface area contributed by atoms with E-state index in [1.165, 1.54) is 32.1 Å². The predicted octanol–water partition coefficient (Wildman–Crippen LogP) is 7.89. The Labute approximate surface area is 275 Å². The molecule has 5 rings (SSSR count). The Morgan fingerprint density at radius 1 is 0.864 bits per heavy atom. The van der Waals surface area contributed by atoms with Gasteiger partial charge in [0.2, 0.25) is 0 Å². The van der Waals surface area contributed by atoms with Crippen molar-refractivity contribution in [3.63, 3.8) is 0 Å². The second-order valence-corrected chi connectivity index (χ2v) is 14.2. The molecule has 0 aromatic heterocycles. The maximum Gasteiger partial charge on any atom is 0.272 e. The molecule has 2 aliphatic heterocycles. The lowest BCUT2D eigenvalue weighted by molar-refractivity contribution is -0.276. The number of rotatable bonds is 8. The second-order valence-electron chi connectivity index (χ2n) is 11.9. The number of amides is 1. The molecule has 1 amide bonds. The summed E-state index contributed by atoms with van der Waals surface area (Å²) >= 11 is 17.0. The van der Waals surface area contributed by atoms with Crippen molar-refractivity contribution >= 4 is 40.7 Å². The van der Waals surface area contributed by atoms with Crippen molar-refractivity contribution in [2.75, 3.05) is 19.6 Å². The number of aliphatic hydroxyl groups excluding tert-OH is 1. The van der Waals surface area contributed by atoms with E-state index in [4.69, 9.17) is 44.3 Å². The van der Waals surface area contributed by atoms with Crippen molar-refractivity contribution in [3.8, 4) is 11.1 Å². The van der Waals surface area contributed by atoms with Gasteiger partial charge in [0.25, 0.3) is 9.70 Å². The number of ether oxygens (including phenoxy) is 2. The highest BCUT2D eigenvalue weighted by Gasteiger charge is 2.39. The molecule has 2 fully saturated rings. The first-order valence-electron chi connectivity index (χ1n) is 15.5. The van der Waals surface area contributed by atoms with E-state index in [2.05, 4.69) is 53.5 Å². The normalized spacial score (nSPS) is 23.5. The molecule has 3 aromatic rings. The molecule has 0 unspecified atom stereocenters. The van der Waals surface area contributed by atoms with Gasteiger partial charge in [-0.25, -0.2) is 0 Å². The molecule has 0 bridgehead atoms. The minimum absolute atomic E-state index is 0.00922. The number of carbonyl (C=O) groups excluding carboxylic acids is 1. The third-order valence-electron chi connectivity index (χ3n) is 8.66. The molecule has 44 heavy (non-hydrogen) atoms. The van der Waals surface area contributed by atoms with Gasteiger partial charge >= 0.3 is 0 Å². The van der Waals surface area contributed by atoms with Crippen LogP contribution in [0.5, 0.6) is 0 Å². The first kappa shape index (κ1) is 33.2. The molecule has 0 aliphatic carbocycles. The summed E-state index contributed by atoms with van der Waals surface area (Å²) in [5.41, 5.74) is 5.87. The zero-order valence-corrected chi connectivity index (χ0v) is 27.3. The lowest BCUT2D eigenvalue weighted by atomic mass is 9.89. The summed E-state index contributed by atoms with van der Waals surface area (Å²) in [6.07, 6.45) is 5.75. The first-order chi connectivity index (χ1) is 21.2. The number of aliphatic hydroxyl groups is 1. The summed E-state index contributed by atoms with van der Waals surface area (Å²) in [5, 5.41) is 12.2. The average Bonchev–Trinajstić information content (AvgIpc) is 3.02. The topological polar surface area (TPSA) is 71.0 Å². The SMILES string of the molecule is C[C@@H]1[C@H](CN2CCCCCCC2)O[C@H](c2ccc(-c3cccc(CNC(=O)C(Cl)(Cl)Cl)c3)cc2)O[C@@H]1c1ccc(CO)cc1. The highest BCUT2D eigenvalue weighted by molar-refractivity contribution is 6.76. The Balaban J connectivity index is 1.34. The number of hydrogen-bond donors (Lipinski definition) is 2. The molecular weight excluding hydrogens is 619 g/mol. The average molecular weight is 660 g/mol. The molecule has 0 saturated carbocycles. The zero-order valence-electron chi connectivity index (χ0n) is 25.1. The third-order valence-corrected chi connectivity index (χ3v) is 9.18. The first-order valence-corrected chi connectivity index (χ1v) is 16.6. The zero-order chi connectivity index (χ0) is 31.1. The van der Waals surface area contributed by atoms with Crippen LogP contribution in [-0.2, 0) is 27.4 Å². The van der Waals surface area contributed by atoms with Crippen molar-refractivity contribution < 1.29 is 19.4 Å². The summed E-state index contributed by atoms with van der Waals surface area (Å²) in [5.74, 6) is -0.507. The fourth-order valence-corrected chi connectivity index (χ4v) is 6.25. The van der Waals surface area contributed by atoms with Gasteiger partial charge in [-0.2, -0.15) is 0 Å². The number of hydrogen-bond acceptors (Lipinski definition) is 5. The minimum atomic E-state index is -2.00. The van der Waals surface area contributed by atoms with Crippen molar-refractivity contribution in [2.45, 2.75) is 74.5 Å². The molecule has 2 N–H and O–H groups in total. The van der Waals surface area contributed by atoms with Gasteiger partial charge in [0, 0.05) is 24.6 Å². The highest BCUT2D eigenvalue weighted by Crippen LogP contribution is 2.42. The summed E-state index contributed by atoms with van der Waals surface area (Å²) in [6, 6.07) is 24.2. The van der Waals surface area contributed by atoms with Crippen LogP contribution in [0.3, 0.4) is 0 Å². The van der Waals surface area contributed by atoms with Crippen LogP contribution in [0.4, 0.5) is 0 Å². The molecule has 9 heteroatoms. The van der Waals surface area contributed by atoms with Crippen LogP contribution in [0.25, 0.3) is 11.1 Å². The number of nitrogens with one attached hydrogen (secondary N) is 1. The molecule has 0 radical (unpaired) electrons. The Bertz CT molecular complexity index is 1360. The number of carbonyl (C=O) groups is 1. The molecule has 236 valence electrons. The minimum Gasteiger partial charge on any atom is -0.392 e. The predicted molar refractivity (Wildman–Crippen MR) is 177 cm³/mol. The van der Waals surface area contributed by atoms with Crippen molar-refractivity contribution in [2.24, 2.45) is 5.92 Å². The van der Waals surface area contributed by atoms with Crippen LogP contribution in [0.1, 0.15) is 73.7 Å². The van der Waals surface area contributed by atoms with E-state index in [9.17, 15) is 9.90 Å². The molecule has 4 atom stereocenters. The molecule has 2 saturated heterocycles. The quantitative estimate of drug-likeness (QED) is 0.241. The number of likely N-dealkylation sites (tertiary alicyclic amines) is 1. The maximum atomic E-state index is 12.0. The monoisotopic (exact) mass is 658 g/mol. The molecule has 2 aliphatic rings. The lowest BCUT2D eigenvalue weighted by Crippen LogP contribution is -2.45. The lowest BCUT2D eigenvalue weighted by Gasteiger charge is -2.43. The van der Waals surface area contributed by atoms with Gasteiger partial charge < -0.3 is 24.8 Å². The number of benzene rings is 3. The summed E-state index contributed by atoms with van der Waals surface area (Å²) in [7, 11) is 0. The third kappa shape index (κ3) is 8.76. The van der Waals surface area contributed by atoms with Gasteiger partial charge in [-0.05, 0) is 59.8 Å². The number of alkyl halides is 3. The summed E-state index contributed by atoms with van der Waals surface area (Å²) in [4.78, 5) is 14.5. The van der Waals surface area contributed by atoms with E-state index in [-0.39, 0.29) is 31.3 Å². The second kappa shape index (κ2) is 15.4. The highest BCUT2D eigenvalue weighted by atomic mass is 35.6. The van der Waals surface area contributed by atoms with Crippen LogP contribution in [0, 0.1) is 5.92 Å². The van der Waals surface area contributed by atoms with Crippen molar-refractivity contribution in [1.29, 1.82) is 0 Å². The Morgan fingerprint density at radius 2 is 1.52 bits per heavy atom. The molecular formula is C35H41Cl3N2O4. The van der Waals surface area contributed by atoms with Gasteiger partial charge in [-0.3, -0.25) is 4.79 Å². The Morgan fingerprint density at radius 3 is 2.18 bits per heavy atom. The van der Waals surface area contributed by atoms with Crippen LogP contribution in [0.2, 0.25) is 0 Å². The fourth-order valence-electron chi connectivity index (χ4n) is 6.05. The van der Waals surface area contributed by atoms with Gasteiger partial charge in [0.1, 0.15) is 0 Å². The standard InChI is InChI=1S/C35H41Cl3N2O4/c1-24-31(22-40-18-5-3-2-4-6-19-40)43-33(44-32(24)28-12-10-25(23-41)11-13-28)29-16-14-27(15-17-29)30-9-7-8-26(20-30)21-39-34(42)35(36,37)38/h7-17,20,24,31-33,41H,2-6,18-19,21-23H2,1H3,(H,39,42)/t24-,31+,32+,33+/m1/s1. The van der Waals surface area contributed by atoms with Crippen LogP contribution in [-0.4, -0.2) is 45.4 Å².